The van der Waals surface area contributed by atoms with Crippen LogP contribution >= 0.6 is 0 Å². The molecule has 132 valence electrons. The summed E-state index contributed by atoms with van der Waals surface area (Å²) < 4.78 is 0. The van der Waals surface area contributed by atoms with Gasteiger partial charge in [-0.25, -0.2) is 0 Å². The molecule has 1 amide bonds. The predicted molar refractivity (Wildman–Crippen MR) is 96.1 cm³/mol. The number of amides is 1. The van der Waals surface area contributed by atoms with Crippen molar-refractivity contribution in [3.05, 3.63) is 30.3 Å². The van der Waals surface area contributed by atoms with Crippen LogP contribution in [0.3, 0.4) is 0 Å². The van der Waals surface area contributed by atoms with Crippen LogP contribution < -0.4 is 10.2 Å². The fourth-order valence-electron chi connectivity index (χ4n) is 3.65. The van der Waals surface area contributed by atoms with Gasteiger partial charge in [0.25, 0.3) is 0 Å². The molecule has 1 aliphatic heterocycles. The van der Waals surface area contributed by atoms with Gasteiger partial charge in [-0.2, -0.15) is 0 Å². The molecule has 0 radical (unpaired) electrons. The summed E-state index contributed by atoms with van der Waals surface area (Å²) in [7, 11) is 0. The molecule has 0 unspecified atom stereocenters. The minimum absolute atomic E-state index is 0.155. The van der Waals surface area contributed by atoms with Gasteiger partial charge >= 0.3 is 0 Å². The van der Waals surface area contributed by atoms with E-state index < -0.39 is 0 Å². The van der Waals surface area contributed by atoms with Crippen molar-refractivity contribution in [1.29, 1.82) is 0 Å². The Hall–Kier alpha value is -1.59. The SMILES string of the molecule is O=C(CCN1CCN(c2ccccc2)CC1)NC1CCC(O)CC1. The van der Waals surface area contributed by atoms with Gasteiger partial charge in [0.15, 0.2) is 0 Å². The summed E-state index contributed by atoms with van der Waals surface area (Å²) in [6.07, 6.45) is 3.84. The molecule has 0 aromatic heterocycles. The van der Waals surface area contributed by atoms with E-state index in [-0.39, 0.29) is 18.1 Å². The van der Waals surface area contributed by atoms with Crippen molar-refractivity contribution in [2.24, 2.45) is 0 Å². The van der Waals surface area contributed by atoms with E-state index in [1.165, 1.54) is 5.69 Å². The standard InChI is InChI=1S/C19H29N3O2/c23-18-8-6-16(7-9-18)20-19(24)10-11-21-12-14-22(15-13-21)17-4-2-1-3-5-17/h1-5,16,18,23H,6-15H2,(H,20,24). The summed E-state index contributed by atoms with van der Waals surface area (Å²) in [5, 5.41) is 12.6. The first kappa shape index (κ1) is 17.2. The zero-order valence-corrected chi connectivity index (χ0v) is 14.4. The molecular weight excluding hydrogens is 302 g/mol. The number of piperazine rings is 1. The van der Waals surface area contributed by atoms with Gasteiger partial charge in [-0.3, -0.25) is 9.69 Å². The highest BCUT2D eigenvalue weighted by atomic mass is 16.3. The van der Waals surface area contributed by atoms with E-state index >= 15 is 0 Å². The molecule has 1 aliphatic carbocycles. The Morgan fingerprint density at radius 2 is 1.71 bits per heavy atom. The van der Waals surface area contributed by atoms with Crippen molar-refractivity contribution in [1.82, 2.24) is 10.2 Å². The van der Waals surface area contributed by atoms with Crippen LogP contribution in [0.4, 0.5) is 5.69 Å². The highest BCUT2D eigenvalue weighted by Gasteiger charge is 2.22. The van der Waals surface area contributed by atoms with Crippen LogP contribution in [0.2, 0.25) is 0 Å². The van der Waals surface area contributed by atoms with Crippen LogP contribution in [0, 0.1) is 0 Å². The summed E-state index contributed by atoms with van der Waals surface area (Å²) in [4.78, 5) is 16.9. The molecule has 1 aromatic carbocycles. The van der Waals surface area contributed by atoms with Gasteiger partial charge < -0.3 is 15.3 Å². The van der Waals surface area contributed by atoms with E-state index in [0.717, 1.165) is 58.4 Å². The van der Waals surface area contributed by atoms with Crippen LogP contribution in [-0.2, 0) is 4.79 Å². The van der Waals surface area contributed by atoms with Crippen molar-refractivity contribution < 1.29 is 9.90 Å². The van der Waals surface area contributed by atoms with E-state index in [2.05, 4.69) is 39.4 Å². The Morgan fingerprint density at radius 3 is 2.38 bits per heavy atom. The highest BCUT2D eigenvalue weighted by Crippen LogP contribution is 2.18. The largest absolute Gasteiger partial charge is 0.393 e. The average molecular weight is 331 g/mol. The third kappa shape index (κ3) is 4.95. The lowest BCUT2D eigenvalue weighted by molar-refractivity contribution is -0.122. The molecule has 5 nitrogen and oxygen atoms in total. The first-order chi connectivity index (χ1) is 11.7. The maximum atomic E-state index is 12.1. The monoisotopic (exact) mass is 331 g/mol. The van der Waals surface area contributed by atoms with E-state index in [1.807, 2.05) is 6.07 Å². The van der Waals surface area contributed by atoms with E-state index in [0.29, 0.717) is 6.42 Å². The van der Waals surface area contributed by atoms with Crippen LogP contribution in [0.5, 0.6) is 0 Å². The van der Waals surface area contributed by atoms with Gasteiger partial charge in [-0.1, -0.05) is 18.2 Å². The number of carbonyl (C=O) groups is 1. The van der Waals surface area contributed by atoms with Gasteiger partial charge in [0.1, 0.15) is 0 Å². The molecule has 2 N–H and O–H groups in total. The number of carbonyl (C=O) groups excluding carboxylic acids is 1. The summed E-state index contributed by atoms with van der Waals surface area (Å²) >= 11 is 0. The summed E-state index contributed by atoms with van der Waals surface area (Å²) in [5.41, 5.74) is 1.29. The molecule has 2 aliphatic rings. The third-order valence-electron chi connectivity index (χ3n) is 5.21. The Balaban J connectivity index is 1.34. The lowest BCUT2D eigenvalue weighted by Crippen LogP contribution is -2.47. The molecule has 3 rings (SSSR count). The number of nitrogens with zero attached hydrogens (tertiary/aromatic N) is 2. The number of para-hydroxylation sites is 1. The fourth-order valence-corrected chi connectivity index (χ4v) is 3.65. The quantitative estimate of drug-likeness (QED) is 0.861. The number of nitrogens with one attached hydrogen (secondary N) is 1. The molecule has 1 saturated heterocycles. The van der Waals surface area contributed by atoms with Crippen molar-refractivity contribution >= 4 is 11.6 Å². The Bertz CT molecular complexity index is 507. The van der Waals surface area contributed by atoms with Crippen molar-refractivity contribution in [2.75, 3.05) is 37.6 Å². The number of benzene rings is 1. The maximum absolute atomic E-state index is 12.1. The Kier molecular flexibility index (Phi) is 6.10. The van der Waals surface area contributed by atoms with Crippen molar-refractivity contribution in [3.63, 3.8) is 0 Å². The molecule has 24 heavy (non-hydrogen) atoms. The topological polar surface area (TPSA) is 55.8 Å². The lowest BCUT2D eigenvalue weighted by Gasteiger charge is -2.36. The summed E-state index contributed by atoms with van der Waals surface area (Å²) in [6.45, 7) is 4.90. The smallest absolute Gasteiger partial charge is 0.221 e. The number of hydrogen-bond acceptors (Lipinski definition) is 4. The van der Waals surface area contributed by atoms with E-state index in [4.69, 9.17) is 0 Å². The number of anilines is 1. The summed E-state index contributed by atoms with van der Waals surface area (Å²) in [6, 6.07) is 10.8. The van der Waals surface area contributed by atoms with Gasteiger partial charge in [0, 0.05) is 50.9 Å². The number of rotatable bonds is 5. The molecule has 1 saturated carbocycles. The Morgan fingerprint density at radius 1 is 1.04 bits per heavy atom. The second kappa shape index (κ2) is 8.49. The molecule has 1 aromatic rings. The molecule has 0 bridgehead atoms. The molecule has 0 atom stereocenters. The van der Waals surface area contributed by atoms with Gasteiger partial charge in [0.2, 0.25) is 5.91 Å². The molecule has 5 heteroatoms. The number of aliphatic hydroxyl groups is 1. The zero-order valence-electron chi connectivity index (χ0n) is 14.4. The highest BCUT2D eigenvalue weighted by molar-refractivity contribution is 5.76. The average Bonchev–Trinajstić information content (AvgIpc) is 2.63. The van der Waals surface area contributed by atoms with Crippen molar-refractivity contribution in [2.45, 2.75) is 44.2 Å². The van der Waals surface area contributed by atoms with Gasteiger partial charge in [-0.05, 0) is 37.8 Å². The van der Waals surface area contributed by atoms with E-state index in [9.17, 15) is 9.90 Å². The second-order valence-electron chi connectivity index (χ2n) is 6.99. The van der Waals surface area contributed by atoms with Crippen molar-refractivity contribution in [3.8, 4) is 0 Å². The number of aliphatic hydroxyl groups excluding tert-OH is 1. The van der Waals surface area contributed by atoms with Crippen LogP contribution in [0.25, 0.3) is 0 Å². The minimum atomic E-state index is -0.168. The first-order valence-corrected chi connectivity index (χ1v) is 9.20. The zero-order chi connectivity index (χ0) is 16.8. The summed E-state index contributed by atoms with van der Waals surface area (Å²) in [5.74, 6) is 0.155. The predicted octanol–water partition coefficient (Wildman–Crippen LogP) is 1.62. The van der Waals surface area contributed by atoms with Crippen LogP contribution in [0.15, 0.2) is 30.3 Å². The second-order valence-corrected chi connectivity index (χ2v) is 6.99. The normalized spacial score (nSPS) is 25.5. The van der Waals surface area contributed by atoms with Crippen LogP contribution in [0.1, 0.15) is 32.1 Å². The molecule has 0 spiro atoms. The van der Waals surface area contributed by atoms with E-state index in [1.54, 1.807) is 0 Å². The number of hydrogen-bond donors (Lipinski definition) is 2. The fraction of sp³-hybridized carbons (Fsp3) is 0.632. The third-order valence-corrected chi connectivity index (χ3v) is 5.21. The minimum Gasteiger partial charge on any atom is -0.393 e. The molecule has 1 heterocycles. The Labute approximate surface area is 144 Å². The molecular formula is C19H29N3O2. The maximum Gasteiger partial charge on any atom is 0.221 e. The first-order valence-electron chi connectivity index (χ1n) is 9.20. The molecule has 2 fully saturated rings. The van der Waals surface area contributed by atoms with Crippen LogP contribution in [-0.4, -0.2) is 60.8 Å². The van der Waals surface area contributed by atoms with Gasteiger partial charge in [-0.15, -0.1) is 0 Å². The van der Waals surface area contributed by atoms with Gasteiger partial charge in [0.05, 0.1) is 6.10 Å². The lowest BCUT2D eigenvalue weighted by atomic mass is 9.93.